The van der Waals surface area contributed by atoms with E-state index in [9.17, 15) is 14.9 Å². The summed E-state index contributed by atoms with van der Waals surface area (Å²) < 4.78 is 1.51. The van der Waals surface area contributed by atoms with Crippen LogP contribution in [-0.4, -0.2) is 51.5 Å². The van der Waals surface area contributed by atoms with Crippen LogP contribution < -0.4 is 5.32 Å². The minimum absolute atomic E-state index is 0. The van der Waals surface area contributed by atoms with Crippen molar-refractivity contribution in [1.82, 2.24) is 19.8 Å². The summed E-state index contributed by atoms with van der Waals surface area (Å²) in [5.41, 5.74) is 0. The molecule has 0 radical (unpaired) electrons. The standard InChI is InChI=1S/C11H17N5O3.ClH/c1-8-13-10(16(18)19)6-15(8)7-11(17)14(2)9-3-4-12-5-9;/h6,9,12H,3-5,7H2,1-2H3;1H. The van der Waals surface area contributed by atoms with Crippen LogP contribution in [0.25, 0.3) is 0 Å². The second kappa shape index (κ2) is 6.67. The molecule has 0 bridgehead atoms. The Morgan fingerprint density at radius 1 is 1.70 bits per heavy atom. The summed E-state index contributed by atoms with van der Waals surface area (Å²) in [4.78, 5) is 27.7. The van der Waals surface area contributed by atoms with Crippen molar-refractivity contribution >= 4 is 24.1 Å². The Labute approximate surface area is 122 Å². The van der Waals surface area contributed by atoms with Crippen LogP contribution in [0.4, 0.5) is 5.82 Å². The fraction of sp³-hybridized carbons (Fsp3) is 0.636. The molecule has 8 nitrogen and oxygen atoms in total. The van der Waals surface area contributed by atoms with E-state index >= 15 is 0 Å². The topological polar surface area (TPSA) is 93.3 Å². The van der Waals surface area contributed by atoms with Gasteiger partial charge in [-0.15, -0.1) is 12.4 Å². The van der Waals surface area contributed by atoms with Gasteiger partial charge in [-0.1, -0.05) is 0 Å². The first-order valence-corrected chi connectivity index (χ1v) is 6.13. The van der Waals surface area contributed by atoms with Gasteiger partial charge >= 0.3 is 5.82 Å². The summed E-state index contributed by atoms with van der Waals surface area (Å²) in [6.45, 7) is 3.44. The monoisotopic (exact) mass is 303 g/mol. The zero-order valence-electron chi connectivity index (χ0n) is 11.4. The van der Waals surface area contributed by atoms with Crippen molar-refractivity contribution in [2.24, 2.45) is 0 Å². The van der Waals surface area contributed by atoms with Gasteiger partial charge in [0, 0.05) is 26.6 Å². The lowest BCUT2D eigenvalue weighted by Crippen LogP contribution is -2.40. The number of amides is 1. The number of aryl methyl sites for hydroxylation is 1. The Morgan fingerprint density at radius 2 is 2.40 bits per heavy atom. The van der Waals surface area contributed by atoms with Gasteiger partial charge in [0.15, 0.2) is 0 Å². The first-order chi connectivity index (χ1) is 8.99. The van der Waals surface area contributed by atoms with Gasteiger partial charge in [0.05, 0.1) is 0 Å². The van der Waals surface area contributed by atoms with Gasteiger partial charge in [0.2, 0.25) is 11.7 Å². The van der Waals surface area contributed by atoms with Crippen LogP contribution in [-0.2, 0) is 11.3 Å². The second-order valence-electron chi connectivity index (χ2n) is 4.68. The molecule has 2 heterocycles. The largest absolute Gasteiger partial charge is 0.381 e. The van der Waals surface area contributed by atoms with E-state index < -0.39 is 4.92 Å². The summed E-state index contributed by atoms with van der Waals surface area (Å²) in [6.07, 6.45) is 2.24. The van der Waals surface area contributed by atoms with Gasteiger partial charge < -0.3 is 20.3 Å². The van der Waals surface area contributed by atoms with E-state index in [2.05, 4.69) is 10.3 Å². The molecule has 0 saturated carbocycles. The van der Waals surface area contributed by atoms with Crippen molar-refractivity contribution in [2.75, 3.05) is 20.1 Å². The highest BCUT2D eigenvalue weighted by Gasteiger charge is 2.24. The molecule has 1 aliphatic rings. The van der Waals surface area contributed by atoms with Gasteiger partial charge in [-0.05, 0) is 22.9 Å². The van der Waals surface area contributed by atoms with Gasteiger partial charge in [-0.2, -0.15) is 0 Å². The summed E-state index contributed by atoms with van der Waals surface area (Å²) in [5.74, 6) is 0.178. The number of aromatic nitrogens is 2. The van der Waals surface area contributed by atoms with E-state index in [0.717, 1.165) is 19.5 Å². The molecule has 0 spiro atoms. The maximum Gasteiger partial charge on any atom is 0.381 e. The van der Waals surface area contributed by atoms with E-state index in [1.54, 1.807) is 18.9 Å². The minimum Gasteiger partial charge on any atom is -0.358 e. The molecular weight excluding hydrogens is 286 g/mol. The lowest BCUT2D eigenvalue weighted by Gasteiger charge is -2.23. The number of halogens is 1. The highest BCUT2D eigenvalue weighted by Crippen LogP contribution is 2.12. The van der Waals surface area contributed by atoms with Crippen LogP contribution in [0, 0.1) is 17.0 Å². The number of carbonyl (C=O) groups excluding carboxylic acids is 1. The van der Waals surface area contributed by atoms with Gasteiger partial charge in [-0.25, -0.2) is 0 Å². The normalized spacial score (nSPS) is 17.6. The Balaban J connectivity index is 0.00000200. The predicted octanol–water partition coefficient (Wildman–Crippen LogP) is 0.342. The summed E-state index contributed by atoms with van der Waals surface area (Å²) in [7, 11) is 1.76. The molecule has 1 N–H and O–H groups in total. The number of nitrogens with zero attached hydrogens (tertiary/aromatic N) is 4. The Morgan fingerprint density at radius 3 is 2.90 bits per heavy atom. The molecule has 1 aromatic heterocycles. The molecule has 20 heavy (non-hydrogen) atoms. The number of hydrogen-bond acceptors (Lipinski definition) is 5. The molecular formula is C11H18ClN5O3. The minimum atomic E-state index is -0.557. The van der Waals surface area contributed by atoms with Crippen LogP contribution >= 0.6 is 12.4 Å². The van der Waals surface area contributed by atoms with Crippen LogP contribution in [0.1, 0.15) is 12.2 Å². The number of likely N-dealkylation sites (N-methyl/N-ethyl adjacent to an activating group) is 1. The number of nitro groups is 1. The number of rotatable bonds is 4. The number of carbonyl (C=O) groups is 1. The van der Waals surface area contributed by atoms with Crippen LogP contribution in [0.15, 0.2) is 6.20 Å². The third-order valence-electron chi connectivity index (χ3n) is 3.43. The molecule has 1 aliphatic heterocycles. The van der Waals surface area contributed by atoms with Crippen molar-refractivity contribution in [3.63, 3.8) is 0 Å². The number of hydrogen-bond donors (Lipinski definition) is 1. The quantitative estimate of drug-likeness (QED) is 0.639. The lowest BCUT2D eigenvalue weighted by molar-refractivity contribution is -0.389. The summed E-state index contributed by atoms with van der Waals surface area (Å²) in [6, 6.07) is 0.200. The highest BCUT2D eigenvalue weighted by atomic mass is 35.5. The molecule has 2 rings (SSSR count). The van der Waals surface area contributed by atoms with Gasteiger partial charge in [-0.3, -0.25) is 9.36 Å². The SMILES string of the molecule is Cc1nc([N+](=O)[O-])cn1CC(=O)N(C)C1CCNC1.Cl. The third kappa shape index (κ3) is 3.45. The van der Waals surface area contributed by atoms with Gasteiger partial charge in [0.1, 0.15) is 12.7 Å². The highest BCUT2D eigenvalue weighted by molar-refractivity contribution is 5.85. The number of nitrogens with one attached hydrogen (secondary N) is 1. The van der Waals surface area contributed by atoms with Crippen LogP contribution in [0.5, 0.6) is 0 Å². The zero-order chi connectivity index (χ0) is 14.0. The average Bonchev–Trinajstić information content (AvgIpc) is 2.99. The van der Waals surface area contributed by atoms with Crippen molar-refractivity contribution in [3.8, 4) is 0 Å². The fourth-order valence-electron chi connectivity index (χ4n) is 2.17. The van der Waals surface area contributed by atoms with Crippen molar-refractivity contribution in [2.45, 2.75) is 25.9 Å². The Kier molecular flexibility index (Phi) is 5.46. The maximum atomic E-state index is 12.1. The summed E-state index contributed by atoms with van der Waals surface area (Å²) in [5, 5.41) is 13.8. The van der Waals surface area contributed by atoms with E-state index in [1.165, 1.54) is 10.8 Å². The van der Waals surface area contributed by atoms with Gasteiger partial charge in [0.25, 0.3) is 0 Å². The molecule has 1 atom stereocenters. The lowest BCUT2D eigenvalue weighted by atomic mass is 10.2. The van der Waals surface area contributed by atoms with Crippen molar-refractivity contribution in [1.29, 1.82) is 0 Å². The molecule has 1 unspecified atom stereocenters. The van der Waals surface area contributed by atoms with E-state index in [4.69, 9.17) is 0 Å². The fourth-order valence-corrected chi connectivity index (χ4v) is 2.17. The zero-order valence-corrected chi connectivity index (χ0v) is 12.2. The maximum absolute atomic E-state index is 12.1. The molecule has 1 amide bonds. The number of imidazole rings is 1. The van der Waals surface area contributed by atoms with E-state index in [0.29, 0.717) is 5.82 Å². The van der Waals surface area contributed by atoms with E-state index in [1.807, 2.05) is 0 Å². The average molecular weight is 304 g/mol. The van der Waals surface area contributed by atoms with E-state index in [-0.39, 0.29) is 36.7 Å². The predicted molar refractivity (Wildman–Crippen MR) is 74.9 cm³/mol. The third-order valence-corrected chi connectivity index (χ3v) is 3.43. The first kappa shape index (κ1) is 16.4. The van der Waals surface area contributed by atoms with Crippen molar-refractivity contribution in [3.05, 3.63) is 22.1 Å². The smallest absolute Gasteiger partial charge is 0.358 e. The van der Waals surface area contributed by atoms with Crippen LogP contribution in [0.3, 0.4) is 0 Å². The van der Waals surface area contributed by atoms with Crippen molar-refractivity contribution < 1.29 is 9.72 Å². The molecule has 1 fully saturated rings. The van der Waals surface area contributed by atoms with Crippen LogP contribution in [0.2, 0.25) is 0 Å². The molecule has 112 valence electrons. The second-order valence-corrected chi connectivity index (χ2v) is 4.68. The Hall–Kier alpha value is -1.67. The first-order valence-electron chi connectivity index (χ1n) is 6.13. The molecule has 0 aliphatic carbocycles. The molecule has 1 aromatic rings. The molecule has 1 saturated heterocycles. The molecule has 0 aromatic carbocycles. The molecule has 9 heteroatoms. The summed E-state index contributed by atoms with van der Waals surface area (Å²) >= 11 is 0. The Bertz CT molecular complexity index is 498.